The standard InChI is InChI=1S/C23H33N5O/c1-5-12-24-19-11-13-25-22(21(19)23(29)26(3)4)28-16-14-27(15-17-28)20-10-8-7-9-18(20)6-2/h7-11,13H,5-6,12,14-17H2,1-4H3,(H,24,25). The first-order valence-corrected chi connectivity index (χ1v) is 10.6. The molecule has 1 aromatic heterocycles. The van der Waals surface area contributed by atoms with Crippen molar-refractivity contribution in [2.75, 3.05) is 61.9 Å². The molecule has 1 aliphatic heterocycles. The molecule has 0 radical (unpaired) electrons. The molecule has 0 atom stereocenters. The zero-order valence-corrected chi connectivity index (χ0v) is 18.1. The zero-order valence-electron chi connectivity index (χ0n) is 18.1. The monoisotopic (exact) mass is 395 g/mol. The molecule has 0 bridgehead atoms. The zero-order chi connectivity index (χ0) is 20.8. The van der Waals surface area contributed by atoms with E-state index < -0.39 is 0 Å². The van der Waals surface area contributed by atoms with Crippen LogP contribution in [0.4, 0.5) is 17.2 Å². The molecular weight excluding hydrogens is 362 g/mol. The van der Waals surface area contributed by atoms with Crippen LogP contribution in [0.2, 0.25) is 0 Å². The Morgan fingerprint density at radius 3 is 2.41 bits per heavy atom. The number of benzene rings is 1. The van der Waals surface area contributed by atoms with Gasteiger partial charge in [0.15, 0.2) is 0 Å². The average molecular weight is 396 g/mol. The molecule has 6 heteroatoms. The first-order chi connectivity index (χ1) is 14.1. The van der Waals surface area contributed by atoms with Gasteiger partial charge in [-0.15, -0.1) is 0 Å². The number of hydrogen-bond donors (Lipinski definition) is 1. The lowest BCUT2D eigenvalue weighted by Gasteiger charge is -2.38. The number of carbonyl (C=O) groups is 1. The van der Waals surface area contributed by atoms with Gasteiger partial charge in [0.2, 0.25) is 0 Å². The van der Waals surface area contributed by atoms with Crippen molar-refractivity contribution in [1.82, 2.24) is 9.88 Å². The Hall–Kier alpha value is -2.76. The molecule has 29 heavy (non-hydrogen) atoms. The molecule has 3 rings (SSSR count). The van der Waals surface area contributed by atoms with E-state index in [1.807, 2.05) is 6.07 Å². The van der Waals surface area contributed by atoms with Crippen molar-refractivity contribution in [3.05, 3.63) is 47.7 Å². The van der Waals surface area contributed by atoms with E-state index in [0.29, 0.717) is 5.56 Å². The number of hydrogen-bond acceptors (Lipinski definition) is 5. The molecule has 1 aliphatic rings. The first-order valence-electron chi connectivity index (χ1n) is 10.6. The van der Waals surface area contributed by atoms with Crippen molar-refractivity contribution >= 4 is 23.1 Å². The molecular formula is C23H33N5O. The Morgan fingerprint density at radius 1 is 1.07 bits per heavy atom. The fourth-order valence-electron chi connectivity index (χ4n) is 3.81. The quantitative estimate of drug-likeness (QED) is 0.778. The van der Waals surface area contributed by atoms with Gasteiger partial charge in [-0.2, -0.15) is 0 Å². The molecule has 0 unspecified atom stereocenters. The van der Waals surface area contributed by atoms with Crippen LogP contribution in [0.5, 0.6) is 0 Å². The number of nitrogens with zero attached hydrogens (tertiary/aromatic N) is 4. The number of nitrogens with one attached hydrogen (secondary N) is 1. The van der Waals surface area contributed by atoms with Crippen LogP contribution in [0.25, 0.3) is 0 Å². The van der Waals surface area contributed by atoms with Crippen LogP contribution in [0.1, 0.15) is 36.2 Å². The minimum atomic E-state index is -0.00883. The van der Waals surface area contributed by atoms with Gasteiger partial charge in [0.05, 0.1) is 5.69 Å². The third kappa shape index (κ3) is 4.63. The van der Waals surface area contributed by atoms with Crippen molar-refractivity contribution in [2.24, 2.45) is 0 Å². The highest BCUT2D eigenvalue weighted by Crippen LogP contribution is 2.29. The number of piperazine rings is 1. The summed E-state index contributed by atoms with van der Waals surface area (Å²) in [6, 6.07) is 10.5. The number of carbonyl (C=O) groups excluding carboxylic acids is 1. The van der Waals surface area contributed by atoms with E-state index in [9.17, 15) is 4.79 Å². The van der Waals surface area contributed by atoms with Gasteiger partial charge in [0, 0.05) is 58.7 Å². The summed E-state index contributed by atoms with van der Waals surface area (Å²) < 4.78 is 0. The average Bonchev–Trinajstić information content (AvgIpc) is 2.76. The fraction of sp³-hybridized carbons (Fsp3) is 0.478. The van der Waals surface area contributed by atoms with E-state index in [2.05, 4.69) is 58.2 Å². The maximum Gasteiger partial charge on any atom is 0.259 e. The van der Waals surface area contributed by atoms with Gasteiger partial charge in [-0.05, 0) is 30.5 Å². The Balaban J connectivity index is 1.83. The Morgan fingerprint density at radius 2 is 1.76 bits per heavy atom. The van der Waals surface area contributed by atoms with Gasteiger partial charge in [0.1, 0.15) is 11.4 Å². The highest BCUT2D eigenvalue weighted by atomic mass is 16.2. The minimum absolute atomic E-state index is 0.00883. The molecule has 1 N–H and O–H groups in total. The molecule has 1 saturated heterocycles. The summed E-state index contributed by atoms with van der Waals surface area (Å²) in [4.78, 5) is 23.9. The number of amides is 1. The Kier molecular flexibility index (Phi) is 6.96. The number of rotatable bonds is 7. The van der Waals surface area contributed by atoms with Crippen LogP contribution in [0, 0.1) is 0 Å². The number of pyridine rings is 1. The lowest BCUT2D eigenvalue weighted by molar-refractivity contribution is 0.0828. The van der Waals surface area contributed by atoms with Crippen molar-refractivity contribution in [3.63, 3.8) is 0 Å². The highest BCUT2D eigenvalue weighted by Gasteiger charge is 2.26. The van der Waals surface area contributed by atoms with Crippen molar-refractivity contribution in [2.45, 2.75) is 26.7 Å². The topological polar surface area (TPSA) is 51.7 Å². The van der Waals surface area contributed by atoms with Crippen molar-refractivity contribution < 1.29 is 4.79 Å². The van der Waals surface area contributed by atoms with E-state index in [1.54, 1.807) is 25.2 Å². The summed E-state index contributed by atoms with van der Waals surface area (Å²) in [5.41, 5.74) is 4.25. The highest BCUT2D eigenvalue weighted by molar-refractivity contribution is 6.04. The van der Waals surface area contributed by atoms with E-state index >= 15 is 0 Å². The van der Waals surface area contributed by atoms with E-state index in [4.69, 9.17) is 0 Å². The third-order valence-electron chi connectivity index (χ3n) is 5.41. The fourth-order valence-corrected chi connectivity index (χ4v) is 3.81. The van der Waals surface area contributed by atoms with Crippen LogP contribution < -0.4 is 15.1 Å². The summed E-state index contributed by atoms with van der Waals surface area (Å²) in [6.45, 7) is 8.68. The summed E-state index contributed by atoms with van der Waals surface area (Å²) in [5.74, 6) is 0.777. The third-order valence-corrected chi connectivity index (χ3v) is 5.41. The first kappa shape index (κ1) is 21.0. The number of para-hydroxylation sites is 1. The molecule has 6 nitrogen and oxygen atoms in total. The normalized spacial score (nSPS) is 14.1. The number of aromatic nitrogens is 1. The van der Waals surface area contributed by atoms with Gasteiger partial charge in [-0.1, -0.05) is 32.0 Å². The van der Waals surface area contributed by atoms with Crippen LogP contribution in [0.3, 0.4) is 0 Å². The molecule has 2 aromatic rings. The van der Waals surface area contributed by atoms with Gasteiger partial charge >= 0.3 is 0 Å². The second-order valence-corrected chi connectivity index (χ2v) is 7.64. The summed E-state index contributed by atoms with van der Waals surface area (Å²) in [6.07, 6.45) is 3.84. The second-order valence-electron chi connectivity index (χ2n) is 7.64. The van der Waals surface area contributed by atoms with Gasteiger partial charge in [0.25, 0.3) is 5.91 Å². The van der Waals surface area contributed by atoms with Crippen molar-refractivity contribution in [3.8, 4) is 0 Å². The van der Waals surface area contributed by atoms with Crippen LogP contribution in [-0.4, -0.2) is 62.6 Å². The molecule has 1 amide bonds. The van der Waals surface area contributed by atoms with Gasteiger partial charge in [-0.3, -0.25) is 4.79 Å². The lowest BCUT2D eigenvalue weighted by Crippen LogP contribution is -2.47. The van der Waals surface area contributed by atoms with E-state index in [1.165, 1.54) is 11.3 Å². The smallest absolute Gasteiger partial charge is 0.259 e. The van der Waals surface area contributed by atoms with Crippen LogP contribution >= 0.6 is 0 Å². The second kappa shape index (κ2) is 9.63. The minimum Gasteiger partial charge on any atom is -0.384 e. The summed E-state index contributed by atoms with van der Waals surface area (Å²) in [5, 5.41) is 3.40. The predicted octanol–water partition coefficient (Wildman–Crippen LogP) is 3.49. The number of anilines is 3. The molecule has 0 aliphatic carbocycles. The van der Waals surface area contributed by atoms with E-state index in [0.717, 1.165) is 57.1 Å². The maximum absolute atomic E-state index is 13.0. The van der Waals surface area contributed by atoms with E-state index in [-0.39, 0.29) is 5.91 Å². The lowest BCUT2D eigenvalue weighted by atomic mass is 10.1. The molecule has 1 aromatic carbocycles. The van der Waals surface area contributed by atoms with Gasteiger partial charge in [-0.25, -0.2) is 4.98 Å². The molecule has 1 fully saturated rings. The molecule has 0 saturated carbocycles. The summed E-state index contributed by atoms with van der Waals surface area (Å²) in [7, 11) is 3.59. The molecule has 156 valence electrons. The van der Waals surface area contributed by atoms with Crippen molar-refractivity contribution in [1.29, 1.82) is 0 Å². The molecule has 2 heterocycles. The van der Waals surface area contributed by atoms with Gasteiger partial charge < -0.3 is 20.0 Å². The van der Waals surface area contributed by atoms with Crippen LogP contribution in [-0.2, 0) is 6.42 Å². The van der Waals surface area contributed by atoms with Crippen LogP contribution in [0.15, 0.2) is 36.5 Å². The molecule has 0 spiro atoms. The Labute approximate surface area is 174 Å². The summed E-state index contributed by atoms with van der Waals surface area (Å²) >= 11 is 0. The SMILES string of the molecule is CCCNc1ccnc(N2CCN(c3ccccc3CC)CC2)c1C(=O)N(C)C. The largest absolute Gasteiger partial charge is 0.384 e. The Bertz CT molecular complexity index is 828. The maximum atomic E-state index is 13.0. The predicted molar refractivity (Wildman–Crippen MR) is 121 cm³/mol. The number of aryl methyl sites for hydroxylation is 1.